The van der Waals surface area contributed by atoms with Crippen LogP contribution in [-0.4, -0.2) is 53.5 Å². The molecule has 0 radical (unpaired) electrons. The highest BCUT2D eigenvalue weighted by molar-refractivity contribution is 5.78. The number of rotatable bonds is 4. The molecule has 2 aliphatic rings. The molecule has 3 atom stereocenters. The second-order valence-corrected chi connectivity index (χ2v) is 6.61. The van der Waals surface area contributed by atoms with Crippen LogP contribution in [0.15, 0.2) is 0 Å². The van der Waals surface area contributed by atoms with Gasteiger partial charge in [0, 0.05) is 18.5 Å². The van der Waals surface area contributed by atoms with Gasteiger partial charge in [-0.3, -0.25) is 4.79 Å². The van der Waals surface area contributed by atoms with E-state index in [1.165, 1.54) is 0 Å². The molecule has 0 unspecified atom stereocenters. The number of nitrogens with zero attached hydrogens (tertiary/aromatic N) is 1. The molecule has 0 aromatic carbocycles. The molecule has 1 amide bonds. The molecule has 1 N–H and O–H groups in total. The van der Waals surface area contributed by atoms with Crippen molar-refractivity contribution in [3.63, 3.8) is 0 Å². The Hall–Kier alpha value is -0.820. The number of likely N-dealkylation sites (tertiary alicyclic amines) is 1. The molecule has 1 aliphatic carbocycles. The average molecular weight is 323 g/mol. The molecule has 22 heavy (non-hydrogen) atoms. The maximum atomic E-state index is 12.1. The van der Waals surface area contributed by atoms with Crippen molar-refractivity contribution in [2.45, 2.75) is 63.3 Å². The molecule has 1 heterocycles. The van der Waals surface area contributed by atoms with E-state index in [4.69, 9.17) is 0 Å². The zero-order valence-electron chi connectivity index (χ0n) is 12.9. The lowest BCUT2D eigenvalue weighted by Crippen LogP contribution is -2.51. The van der Waals surface area contributed by atoms with Gasteiger partial charge >= 0.3 is 6.18 Å². The smallest absolute Gasteiger partial charge is 0.390 e. The summed E-state index contributed by atoms with van der Waals surface area (Å²) in [6.07, 6.45) is 0.750. The maximum Gasteiger partial charge on any atom is 0.411 e. The second kappa shape index (κ2) is 6.74. The van der Waals surface area contributed by atoms with Gasteiger partial charge in [0.05, 0.1) is 5.60 Å². The normalized spacial score (nSPS) is 33.2. The number of alkyl halides is 3. The van der Waals surface area contributed by atoms with Crippen molar-refractivity contribution in [2.75, 3.05) is 19.8 Å². The third-order valence-corrected chi connectivity index (χ3v) is 4.82. The van der Waals surface area contributed by atoms with Crippen molar-refractivity contribution in [1.82, 2.24) is 4.90 Å². The van der Waals surface area contributed by atoms with E-state index in [0.29, 0.717) is 13.0 Å². The number of amides is 1. The summed E-state index contributed by atoms with van der Waals surface area (Å²) in [5, 5.41) is 10.6. The van der Waals surface area contributed by atoms with Crippen molar-refractivity contribution in [3.8, 4) is 0 Å². The molecule has 0 spiro atoms. The predicted molar refractivity (Wildman–Crippen MR) is 74.2 cm³/mol. The summed E-state index contributed by atoms with van der Waals surface area (Å²) in [6.45, 7) is 0.382. The molecule has 1 aliphatic heterocycles. The first kappa shape index (κ1) is 17.5. The fourth-order valence-electron chi connectivity index (χ4n) is 3.81. The van der Waals surface area contributed by atoms with Crippen LogP contribution in [0.2, 0.25) is 0 Å². The second-order valence-electron chi connectivity index (χ2n) is 6.61. The van der Waals surface area contributed by atoms with E-state index in [0.717, 1.165) is 32.1 Å². The van der Waals surface area contributed by atoms with Gasteiger partial charge in [0.25, 0.3) is 0 Å². The Kier molecular flexibility index (Phi) is 5.37. The fraction of sp³-hybridized carbons (Fsp3) is 0.933. The number of aliphatic hydroxyl groups is 1. The molecule has 1 saturated heterocycles. The summed E-state index contributed by atoms with van der Waals surface area (Å²) in [5.74, 6) is -0.413. The summed E-state index contributed by atoms with van der Waals surface area (Å²) in [4.78, 5) is 13.8. The molecule has 0 aromatic rings. The predicted octanol–water partition coefficient (Wildman–Crippen LogP) is 2.50. The summed E-state index contributed by atoms with van der Waals surface area (Å²) in [5.41, 5.74) is -0.807. The molecule has 2 rings (SSSR count). The number of carbonyl (C=O) groups excluding carboxylic acids is 1. The minimum atomic E-state index is -4.42. The van der Waals surface area contributed by atoms with Gasteiger partial charge in [-0.25, -0.2) is 0 Å². The van der Waals surface area contributed by atoms with E-state index in [2.05, 4.69) is 4.74 Å². The molecule has 0 aromatic heterocycles. The zero-order chi connectivity index (χ0) is 16.4. The Balaban J connectivity index is 1.93. The van der Waals surface area contributed by atoms with E-state index in [-0.39, 0.29) is 12.0 Å². The fourth-order valence-corrected chi connectivity index (χ4v) is 3.81. The minimum Gasteiger partial charge on any atom is -0.390 e. The lowest BCUT2D eigenvalue weighted by Gasteiger charge is -2.43. The molecule has 0 bridgehead atoms. The highest BCUT2D eigenvalue weighted by atomic mass is 19.4. The molecule has 1 saturated carbocycles. The van der Waals surface area contributed by atoms with Crippen molar-refractivity contribution in [2.24, 2.45) is 5.92 Å². The van der Waals surface area contributed by atoms with Crippen molar-refractivity contribution in [1.29, 1.82) is 0 Å². The van der Waals surface area contributed by atoms with Crippen LogP contribution in [0, 0.1) is 5.92 Å². The molecular formula is C15H24F3NO3. The van der Waals surface area contributed by atoms with Crippen LogP contribution in [0.3, 0.4) is 0 Å². The quantitative estimate of drug-likeness (QED) is 0.865. The van der Waals surface area contributed by atoms with Crippen LogP contribution in [0.4, 0.5) is 13.2 Å². The van der Waals surface area contributed by atoms with E-state index in [1.54, 1.807) is 11.8 Å². The SMILES string of the molecule is C[C@]1(O)CCCC[C@H]1[C@@H]1CCCN1C(=O)COCC(F)(F)F. The molecule has 128 valence electrons. The minimum absolute atomic E-state index is 0.00434. The van der Waals surface area contributed by atoms with Crippen molar-refractivity contribution in [3.05, 3.63) is 0 Å². The third kappa shape index (κ3) is 4.35. The number of ether oxygens (including phenoxy) is 1. The number of halogens is 3. The Morgan fingerprint density at radius 2 is 2.05 bits per heavy atom. The van der Waals surface area contributed by atoms with Gasteiger partial charge in [-0.2, -0.15) is 13.2 Å². The number of carbonyl (C=O) groups is 1. The number of hydrogen-bond donors (Lipinski definition) is 1. The summed E-state index contributed by atoms with van der Waals surface area (Å²) in [7, 11) is 0. The van der Waals surface area contributed by atoms with Gasteiger partial charge in [-0.15, -0.1) is 0 Å². The Morgan fingerprint density at radius 1 is 1.32 bits per heavy atom. The molecule has 2 fully saturated rings. The lowest BCUT2D eigenvalue weighted by molar-refractivity contribution is -0.178. The lowest BCUT2D eigenvalue weighted by atomic mass is 9.72. The van der Waals surface area contributed by atoms with Crippen LogP contribution in [0.1, 0.15) is 45.4 Å². The Bertz CT molecular complexity index is 398. The monoisotopic (exact) mass is 323 g/mol. The third-order valence-electron chi connectivity index (χ3n) is 4.82. The van der Waals surface area contributed by atoms with Crippen LogP contribution >= 0.6 is 0 Å². The number of hydrogen-bond acceptors (Lipinski definition) is 3. The summed E-state index contributed by atoms with van der Waals surface area (Å²) >= 11 is 0. The molecular weight excluding hydrogens is 299 g/mol. The van der Waals surface area contributed by atoms with Gasteiger partial charge in [0.1, 0.15) is 13.2 Å². The first-order valence-electron chi connectivity index (χ1n) is 7.87. The van der Waals surface area contributed by atoms with Gasteiger partial charge in [0.2, 0.25) is 5.91 Å². The highest BCUT2D eigenvalue weighted by Gasteiger charge is 2.44. The zero-order valence-corrected chi connectivity index (χ0v) is 12.9. The van der Waals surface area contributed by atoms with Crippen LogP contribution in [0.5, 0.6) is 0 Å². The van der Waals surface area contributed by atoms with Crippen LogP contribution < -0.4 is 0 Å². The van der Waals surface area contributed by atoms with Gasteiger partial charge in [-0.05, 0) is 32.6 Å². The molecule has 4 nitrogen and oxygen atoms in total. The standard InChI is InChI=1S/C15H24F3NO3/c1-14(21)7-3-2-5-11(14)12-6-4-8-19(12)13(20)9-22-10-15(16,17)18/h11-12,21H,2-10H2,1H3/t11-,12-,14-/m0/s1. The first-order chi connectivity index (χ1) is 10.2. The maximum absolute atomic E-state index is 12.1. The van der Waals surface area contributed by atoms with E-state index in [1.807, 2.05) is 0 Å². The highest BCUT2D eigenvalue weighted by Crippen LogP contribution is 2.40. The topological polar surface area (TPSA) is 49.8 Å². The average Bonchev–Trinajstić information content (AvgIpc) is 2.85. The van der Waals surface area contributed by atoms with Crippen LogP contribution in [0.25, 0.3) is 0 Å². The Morgan fingerprint density at radius 3 is 2.68 bits per heavy atom. The van der Waals surface area contributed by atoms with Gasteiger partial charge < -0.3 is 14.7 Å². The van der Waals surface area contributed by atoms with Crippen molar-refractivity contribution >= 4 is 5.91 Å². The van der Waals surface area contributed by atoms with Gasteiger partial charge in [0.15, 0.2) is 0 Å². The molecule has 7 heteroatoms. The first-order valence-corrected chi connectivity index (χ1v) is 7.87. The van der Waals surface area contributed by atoms with Gasteiger partial charge in [-0.1, -0.05) is 12.8 Å². The van der Waals surface area contributed by atoms with Crippen molar-refractivity contribution < 1.29 is 27.8 Å². The summed E-state index contributed by atoms with van der Waals surface area (Å²) in [6, 6.07) is -0.0858. The van der Waals surface area contributed by atoms with E-state index >= 15 is 0 Å². The Labute approximate surface area is 128 Å². The largest absolute Gasteiger partial charge is 0.411 e. The summed E-state index contributed by atoms with van der Waals surface area (Å²) < 4.78 is 40.7. The van der Waals surface area contributed by atoms with Crippen LogP contribution in [-0.2, 0) is 9.53 Å². The van der Waals surface area contributed by atoms with E-state index in [9.17, 15) is 23.1 Å². The van der Waals surface area contributed by atoms with E-state index < -0.39 is 30.9 Å².